The highest BCUT2D eigenvalue weighted by Gasteiger charge is 2.49. The molecule has 0 saturated carbocycles. The van der Waals surface area contributed by atoms with Gasteiger partial charge in [-0.05, 0) is 51.2 Å². The highest BCUT2D eigenvalue weighted by molar-refractivity contribution is 6.00. The second-order valence-corrected chi connectivity index (χ2v) is 9.78. The number of ether oxygens (including phenoxy) is 1. The molecule has 0 saturated heterocycles. The summed E-state index contributed by atoms with van der Waals surface area (Å²) in [5.41, 5.74) is 4.63. The number of hydrogen-bond donors (Lipinski definition) is 1. The number of nitrogens with one attached hydrogen (secondary N) is 1. The van der Waals surface area contributed by atoms with E-state index >= 15 is 0 Å². The van der Waals surface area contributed by atoms with E-state index in [1.54, 1.807) is 16.7 Å². The van der Waals surface area contributed by atoms with Crippen LogP contribution in [-0.2, 0) is 37.3 Å². The van der Waals surface area contributed by atoms with E-state index in [0.29, 0.717) is 24.5 Å². The molecule has 0 radical (unpaired) electrons. The van der Waals surface area contributed by atoms with E-state index in [1.165, 1.54) is 5.56 Å². The number of nitrogens with zero attached hydrogens (tertiary/aromatic N) is 3. The molecule has 1 atom stereocenters. The molecule has 3 aromatic rings. The first-order valence-electron chi connectivity index (χ1n) is 12.3. The van der Waals surface area contributed by atoms with Crippen LogP contribution in [0.2, 0.25) is 0 Å². The zero-order valence-electron chi connectivity index (χ0n) is 20.6. The third-order valence-corrected chi connectivity index (χ3v) is 7.31. The number of methoxy groups -OCH3 is 1. The average molecular weight is 473 g/mol. The Morgan fingerprint density at radius 1 is 1.11 bits per heavy atom. The van der Waals surface area contributed by atoms with Crippen LogP contribution in [0.3, 0.4) is 0 Å². The van der Waals surface area contributed by atoms with E-state index in [2.05, 4.69) is 5.32 Å². The Labute approximate surface area is 206 Å². The summed E-state index contributed by atoms with van der Waals surface area (Å²) in [6.07, 6.45) is 3.87. The van der Waals surface area contributed by atoms with Gasteiger partial charge < -0.3 is 15.0 Å². The second kappa shape index (κ2) is 9.21. The number of aryl methyl sites for hydroxylation is 2. The Hall–Kier alpha value is -3.61. The van der Waals surface area contributed by atoms with Gasteiger partial charge in [0, 0.05) is 17.7 Å². The summed E-state index contributed by atoms with van der Waals surface area (Å²) in [5, 5.41) is 7.87. The Morgan fingerprint density at radius 3 is 2.63 bits per heavy atom. The highest BCUT2D eigenvalue weighted by atomic mass is 16.5. The lowest BCUT2D eigenvalue weighted by atomic mass is 9.90. The van der Waals surface area contributed by atoms with E-state index in [4.69, 9.17) is 9.84 Å². The molecule has 5 rings (SSSR count). The van der Waals surface area contributed by atoms with Crippen molar-refractivity contribution in [3.63, 3.8) is 0 Å². The van der Waals surface area contributed by atoms with Gasteiger partial charge in [0.05, 0.1) is 25.9 Å². The smallest absolute Gasteiger partial charge is 0.273 e. The number of amides is 2. The van der Waals surface area contributed by atoms with Crippen molar-refractivity contribution in [2.45, 2.75) is 64.7 Å². The molecule has 0 spiro atoms. The maximum absolute atomic E-state index is 14.0. The minimum atomic E-state index is -1.11. The Kier molecular flexibility index (Phi) is 6.09. The molecule has 1 aliphatic carbocycles. The van der Waals surface area contributed by atoms with Crippen molar-refractivity contribution in [1.29, 1.82) is 0 Å². The predicted octanol–water partition coefficient (Wildman–Crippen LogP) is 3.81. The molecule has 2 aliphatic rings. The Morgan fingerprint density at radius 2 is 1.86 bits per heavy atom. The Bertz CT molecular complexity index is 1260. The first kappa shape index (κ1) is 23.1. The van der Waals surface area contributed by atoms with Crippen LogP contribution in [0.1, 0.15) is 58.2 Å². The zero-order chi connectivity index (χ0) is 24.6. The maximum atomic E-state index is 14.0. The van der Waals surface area contributed by atoms with E-state index < -0.39 is 5.54 Å². The third kappa shape index (κ3) is 4.20. The van der Waals surface area contributed by atoms with E-state index in [1.807, 2.05) is 62.4 Å². The van der Waals surface area contributed by atoms with Gasteiger partial charge in [0.25, 0.3) is 5.91 Å². The van der Waals surface area contributed by atoms with Crippen LogP contribution in [0, 0.1) is 6.92 Å². The maximum Gasteiger partial charge on any atom is 0.273 e. The van der Waals surface area contributed by atoms with Crippen molar-refractivity contribution in [3.8, 4) is 5.75 Å². The standard InChI is InChI=1S/C28H32N4O3/c1-19-12-14-20(15-13-19)16-29-27(34)28(2)18-32-25(22-9-5-6-10-23(22)30-32)26(33)31(28)17-21-8-4-7-11-24(21)35-3/h4,7-8,11-15H,5-6,9-10,16-18H2,1-3H3,(H,29,34)/t28-/m1/s1. The molecular weight excluding hydrogens is 440 g/mol. The van der Waals surface area contributed by atoms with Crippen LogP contribution >= 0.6 is 0 Å². The van der Waals surface area contributed by atoms with Crippen molar-refractivity contribution < 1.29 is 14.3 Å². The molecule has 1 aliphatic heterocycles. The number of benzene rings is 2. The minimum Gasteiger partial charge on any atom is -0.496 e. The lowest BCUT2D eigenvalue weighted by Crippen LogP contribution is -2.63. The quantitative estimate of drug-likeness (QED) is 0.592. The molecule has 1 aromatic heterocycles. The van der Waals surface area contributed by atoms with Crippen LogP contribution in [0.15, 0.2) is 48.5 Å². The molecule has 0 fully saturated rings. The van der Waals surface area contributed by atoms with Gasteiger partial charge >= 0.3 is 0 Å². The summed E-state index contributed by atoms with van der Waals surface area (Å²) in [5.74, 6) is 0.357. The van der Waals surface area contributed by atoms with Crippen LogP contribution < -0.4 is 10.1 Å². The van der Waals surface area contributed by atoms with Crippen molar-refractivity contribution in [2.75, 3.05) is 7.11 Å². The molecule has 0 unspecified atom stereocenters. The van der Waals surface area contributed by atoms with Gasteiger partial charge in [-0.1, -0.05) is 48.0 Å². The van der Waals surface area contributed by atoms with Crippen LogP contribution in [0.5, 0.6) is 5.75 Å². The molecular formula is C28H32N4O3. The van der Waals surface area contributed by atoms with Crippen LogP contribution in [0.25, 0.3) is 0 Å². The summed E-state index contributed by atoms with van der Waals surface area (Å²) < 4.78 is 7.33. The van der Waals surface area contributed by atoms with Crippen molar-refractivity contribution >= 4 is 11.8 Å². The monoisotopic (exact) mass is 472 g/mol. The number of fused-ring (bicyclic) bond motifs is 3. The first-order valence-corrected chi connectivity index (χ1v) is 12.3. The summed E-state index contributed by atoms with van der Waals surface area (Å²) >= 11 is 0. The number of rotatable bonds is 6. The first-order chi connectivity index (χ1) is 16.9. The summed E-state index contributed by atoms with van der Waals surface area (Å²) in [6.45, 7) is 4.86. The van der Waals surface area contributed by atoms with E-state index in [9.17, 15) is 9.59 Å². The summed E-state index contributed by atoms with van der Waals surface area (Å²) in [4.78, 5) is 29.5. The highest BCUT2D eigenvalue weighted by Crippen LogP contribution is 2.35. The van der Waals surface area contributed by atoms with Crippen molar-refractivity contribution in [3.05, 3.63) is 82.2 Å². The molecule has 2 amide bonds. The lowest BCUT2D eigenvalue weighted by Gasteiger charge is -2.43. The molecule has 35 heavy (non-hydrogen) atoms. The van der Waals surface area contributed by atoms with Crippen molar-refractivity contribution in [2.24, 2.45) is 0 Å². The average Bonchev–Trinajstić information content (AvgIpc) is 3.24. The molecule has 1 N–H and O–H groups in total. The van der Waals surface area contributed by atoms with Crippen LogP contribution in [0.4, 0.5) is 0 Å². The molecule has 7 heteroatoms. The minimum absolute atomic E-state index is 0.147. The Balaban J connectivity index is 1.50. The molecule has 7 nitrogen and oxygen atoms in total. The summed E-state index contributed by atoms with van der Waals surface area (Å²) in [7, 11) is 1.62. The fourth-order valence-electron chi connectivity index (χ4n) is 5.21. The largest absolute Gasteiger partial charge is 0.496 e. The van der Waals surface area contributed by atoms with Crippen LogP contribution in [-0.4, -0.2) is 39.1 Å². The SMILES string of the molecule is COc1ccccc1CN1C(=O)c2c3c(nn2C[C@]1(C)C(=O)NCc1ccc(C)cc1)CCCC3. The topological polar surface area (TPSA) is 76.5 Å². The number of carbonyl (C=O) groups excluding carboxylic acids is 2. The second-order valence-electron chi connectivity index (χ2n) is 9.78. The number of carbonyl (C=O) groups is 2. The van der Waals surface area contributed by atoms with E-state index in [0.717, 1.165) is 48.1 Å². The van der Waals surface area contributed by atoms with Gasteiger partial charge in [-0.15, -0.1) is 0 Å². The van der Waals surface area contributed by atoms with Gasteiger partial charge in [0.2, 0.25) is 5.91 Å². The molecule has 2 aromatic carbocycles. The van der Waals surface area contributed by atoms with E-state index in [-0.39, 0.29) is 18.4 Å². The number of para-hydroxylation sites is 1. The van der Waals surface area contributed by atoms with Gasteiger partial charge in [-0.2, -0.15) is 5.10 Å². The van der Waals surface area contributed by atoms with Gasteiger partial charge in [-0.25, -0.2) is 0 Å². The molecule has 2 heterocycles. The lowest BCUT2D eigenvalue weighted by molar-refractivity contribution is -0.133. The number of hydrogen-bond acceptors (Lipinski definition) is 4. The molecule has 182 valence electrons. The summed E-state index contributed by atoms with van der Waals surface area (Å²) in [6, 6.07) is 15.7. The fraction of sp³-hybridized carbons (Fsp3) is 0.393. The van der Waals surface area contributed by atoms with Gasteiger partial charge in [0.1, 0.15) is 17.0 Å². The fourth-order valence-corrected chi connectivity index (χ4v) is 5.21. The predicted molar refractivity (Wildman–Crippen MR) is 133 cm³/mol. The number of aromatic nitrogens is 2. The van der Waals surface area contributed by atoms with Gasteiger partial charge in [0.15, 0.2) is 0 Å². The van der Waals surface area contributed by atoms with Crippen molar-refractivity contribution in [1.82, 2.24) is 20.0 Å². The zero-order valence-corrected chi connectivity index (χ0v) is 20.6. The van der Waals surface area contributed by atoms with Gasteiger partial charge in [-0.3, -0.25) is 14.3 Å². The third-order valence-electron chi connectivity index (χ3n) is 7.31. The molecule has 0 bridgehead atoms. The normalized spacial score (nSPS) is 19.2.